The Kier molecular flexibility index (Phi) is 4.90. The molecule has 0 radical (unpaired) electrons. The van der Waals surface area contributed by atoms with Gasteiger partial charge in [-0.1, -0.05) is 0 Å². The topological polar surface area (TPSA) is 41.6 Å². The molecular weight excluding hydrogens is 180 g/mol. The van der Waals surface area contributed by atoms with Crippen molar-refractivity contribution in [3.63, 3.8) is 0 Å². The summed E-state index contributed by atoms with van der Waals surface area (Å²) in [4.78, 5) is 13.5. The van der Waals surface area contributed by atoms with Gasteiger partial charge < -0.3 is 15.0 Å². The first-order valence-corrected chi connectivity index (χ1v) is 5.38. The molecule has 0 aromatic carbocycles. The van der Waals surface area contributed by atoms with Gasteiger partial charge in [-0.15, -0.1) is 0 Å². The highest BCUT2D eigenvalue weighted by Crippen LogP contribution is 2.04. The first-order valence-electron chi connectivity index (χ1n) is 5.38. The predicted molar refractivity (Wildman–Crippen MR) is 55.2 cm³/mol. The fraction of sp³-hybridized carbons (Fsp3) is 0.900. The van der Waals surface area contributed by atoms with E-state index in [1.807, 2.05) is 18.7 Å². The molecule has 0 aromatic heterocycles. The van der Waals surface area contributed by atoms with Gasteiger partial charge in [0.05, 0.1) is 19.1 Å². The normalized spacial score (nSPS) is 22.0. The zero-order chi connectivity index (χ0) is 10.4. The van der Waals surface area contributed by atoms with Gasteiger partial charge >= 0.3 is 0 Å². The number of amides is 1. The number of nitrogens with zero attached hydrogens (tertiary/aromatic N) is 1. The molecule has 14 heavy (non-hydrogen) atoms. The molecule has 1 fully saturated rings. The van der Waals surface area contributed by atoms with E-state index in [1.54, 1.807) is 0 Å². The molecule has 0 bridgehead atoms. The summed E-state index contributed by atoms with van der Waals surface area (Å²) in [7, 11) is 0. The summed E-state index contributed by atoms with van der Waals surface area (Å²) in [5, 5.41) is 3.22. The summed E-state index contributed by atoms with van der Waals surface area (Å²) in [6.07, 6.45) is 0.575. The van der Waals surface area contributed by atoms with Crippen LogP contribution >= 0.6 is 0 Å². The maximum atomic E-state index is 11.7. The lowest BCUT2D eigenvalue weighted by atomic mass is 10.2. The fourth-order valence-electron chi connectivity index (χ4n) is 1.65. The third-order valence-corrected chi connectivity index (χ3v) is 2.52. The van der Waals surface area contributed by atoms with E-state index in [-0.39, 0.29) is 12.0 Å². The van der Waals surface area contributed by atoms with Gasteiger partial charge in [-0.2, -0.15) is 0 Å². The number of carbonyl (C=O) groups is 1. The minimum atomic E-state index is 0.0665. The van der Waals surface area contributed by atoms with Crippen molar-refractivity contribution in [3.05, 3.63) is 0 Å². The molecule has 0 aliphatic carbocycles. The van der Waals surface area contributed by atoms with E-state index in [9.17, 15) is 4.79 Å². The van der Waals surface area contributed by atoms with Crippen LogP contribution in [0.3, 0.4) is 0 Å². The van der Waals surface area contributed by atoms with Crippen molar-refractivity contribution in [2.24, 2.45) is 0 Å². The molecule has 1 aliphatic rings. The summed E-state index contributed by atoms with van der Waals surface area (Å²) in [5.74, 6) is 0.198. The molecule has 0 aromatic rings. The monoisotopic (exact) mass is 200 g/mol. The van der Waals surface area contributed by atoms with Gasteiger partial charge in [0.25, 0.3) is 0 Å². The molecule has 0 saturated carbocycles. The third-order valence-electron chi connectivity index (χ3n) is 2.52. The first-order chi connectivity index (χ1) is 6.77. The van der Waals surface area contributed by atoms with Crippen LogP contribution in [0.1, 0.15) is 20.3 Å². The van der Waals surface area contributed by atoms with Gasteiger partial charge in [-0.25, -0.2) is 0 Å². The molecule has 1 rings (SSSR count). The Balaban J connectivity index is 2.30. The van der Waals surface area contributed by atoms with Crippen LogP contribution in [-0.2, 0) is 9.53 Å². The van der Waals surface area contributed by atoms with Crippen LogP contribution in [0.5, 0.6) is 0 Å². The summed E-state index contributed by atoms with van der Waals surface area (Å²) in [5.41, 5.74) is 0. The molecule has 4 nitrogen and oxygen atoms in total. The van der Waals surface area contributed by atoms with E-state index >= 15 is 0 Å². The molecule has 1 N–H and O–H groups in total. The van der Waals surface area contributed by atoms with E-state index < -0.39 is 0 Å². The Hall–Kier alpha value is -0.610. The second-order valence-corrected chi connectivity index (χ2v) is 3.47. The zero-order valence-corrected chi connectivity index (χ0v) is 9.08. The standard InChI is InChI=1S/C10H20N2O2/c1-3-12(4-2)10(13)7-9-8-11-5-6-14-9/h9,11H,3-8H2,1-2H3. The van der Waals surface area contributed by atoms with Gasteiger partial charge in [0.15, 0.2) is 0 Å². The lowest BCUT2D eigenvalue weighted by Gasteiger charge is -2.26. The van der Waals surface area contributed by atoms with E-state index in [0.29, 0.717) is 6.42 Å². The number of carbonyl (C=O) groups excluding carboxylic acids is 1. The molecule has 1 saturated heterocycles. The van der Waals surface area contributed by atoms with E-state index in [1.165, 1.54) is 0 Å². The summed E-state index contributed by atoms with van der Waals surface area (Å²) in [6.45, 7) is 7.99. The highest BCUT2D eigenvalue weighted by atomic mass is 16.5. The van der Waals surface area contributed by atoms with Crippen molar-refractivity contribution in [3.8, 4) is 0 Å². The van der Waals surface area contributed by atoms with E-state index in [2.05, 4.69) is 5.32 Å². The minimum absolute atomic E-state index is 0.0665. The largest absolute Gasteiger partial charge is 0.375 e. The van der Waals surface area contributed by atoms with Gasteiger partial charge in [0.1, 0.15) is 0 Å². The van der Waals surface area contributed by atoms with Crippen LogP contribution in [0.15, 0.2) is 0 Å². The van der Waals surface area contributed by atoms with Crippen LogP contribution in [0, 0.1) is 0 Å². The van der Waals surface area contributed by atoms with Crippen LogP contribution in [-0.4, -0.2) is 49.7 Å². The van der Waals surface area contributed by atoms with Crippen LogP contribution in [0.4, 0.5) is 0 Å². The Morgan fingerprint density at radius 1 is 1.50 bits per heavy atom. The Morgan fingerprint density at radius 3 is 2.71 bits per heavy atom. The first kappa shape index (κ1) is 11.5. The number of hydrogen-bond acceptors (Lipinski definition) is 3. The number of morpholine rings is 1. The van der Waals surface area contributed by atoms with Gasteiger partial charge in [0.2, 0.25) is 5.91 Å². The molecule has 82 valence electrons. The SMILES string of the molecule is CCN(CC)C(=O)CC1CNCCO1. The molecule has 1 atom stereocenters. The maximum absolute atomic E-state index is 11.7. The quantitative estimate of drug-likeness (QED) is 0.706. The van der Waals surface area contributed by atoms with Gasteiger partial charge in [-0.3, -0.25) is 4.79 Å². The third kappa shape index (κ3) is 3.27. The molecular formula is C10H20N2O2. The van der Waals surface area contributed by atoms with E-state index in [4.69, 9.17) is 4.74 Å². The summed E-state index contributed by atoms with van der Waals surface area (Å²) in [6, 6.07) is 0. The Labute approximate surface area is 85.6 Å². The molecule has 1 aliphatic heterocycles. The number of hydrogen-bond donors (Lipinski definition) is 1. The molecule has 1 heterocycles. The van der Waals surface area contributed by atoms with Crippen molar-refractivity contribution >= 4 is 5.91 Å². The average molecular weight is 200 g/mol. The maximum Gasteiger partial charge on any atom is 0.225 e. The van der Waals surface area contributed by atoms with E-state index in [0.717, 1.165) is 32.8 Å². The number of rotatable bonds is 4. The highest BCUT2D eigenvalue weighted by molar-refractivity contribution is 5.76. The van der Waals surface area contributed by atoms with Gasteiger partial charge in [0, 0.05) is 26.2 Å². The molecule has 1 unspecified atom stereocenters. The smallest absolute Gasteiger partial charge is 0.225 e. The van der Waals surface area contributed by atoms with Crippen LogP contribution < -0.4 is 5.32 Å². The fourth-order valence-corrected chi connectivity index (χ4v) is 1.65. The zero-order valence-electron chi connectivity index (χ0n) is 9.08. The summed E-state index contributed by atoms with van der Waals surface area (Å²) < 4.78 is 5.48. The summed E-state index contributed by atoms with van der Waals surface area (Å²) >= 11 is 0. The van der Waals surface area contributed by atoms with Crippen molar-refractivity contribution in [1.29, 1.82) is 0 Å². The predicted octanol–water partition coefficient (Wildman–Crippen LogP) is 0.233. The van der Waals surface area contributed by atoms with Crippen molar-refractivity contribution in [2.45, 2.75) is 26.4 Å². The Bertz CT molecular complexity index is 175. The lowest BCUT2D eigenvalue weighted by Crippen LogP contribution is -2.42. The molecule has 0 spiro atoms. The molecule has 1 amide bonds. The van der Waals surface area contributed by atoms with Crippen LogP contribution in [0.25, 0.3) is 0 Å². The highest BCUT2D eigenvalue weighted by Gasteiger charge is 2.19. The lowest BCUT2D eigenvalue weighted by molar-refractivity contribution is -0.134. The second kappa shape index (κ2) is 5.98. The Morgan fingerprint density at radius 2 is 2.21 bits per heavy atom. The average Bonchev–Trinajstić information content (AvgIpc) is 2.21. The number of nitrogens with one attached hydrogen (secondary N) is 1. The second-order valence-electron chi connectivity index (χ2n) is 3.47. The van der Waals surface area contributed by atoms with Gasteiger partial charge in [-0.05, 0) is 13.8 Å². The van der Waals surface area contributed by atoms with Crippen LogP contribution in [0.2, 0.25) is 0 Å². The number of ether oxygens (including phenoxy) is 1. The van der Waals surface area contributed by atoms with Crippen molar-refractivity contribution < 1.29 is 9.53 Å². The molecule has 4 heteroatoms. The minimum Gasteiger partial charge on any atom is -0.375 e. The van der Waals surface area contributed by atoms with Crippen molar-refractivity contribution in [2.75, 3.05) is 32.8 Å². The van der Waals surface area contributed by atoms with Crippen molar-refractivity contribution in [1.82, 2.24) is 10.2 Å².